The monoisotopic (exact) mass is 360 g/mol. The normalized spacial score (nSPS) is 13.0. The molecule has 1 amide bonds. The molecule has 5 heteroatoms. The maximum absolute atomic E-state index is 12.5. The van der Waals surface area contributed by atoms with Gasteiger partial charge in [0, 0.05) is 17.8 Å². The van der Waals surface area contributed by atoms with Crippen molar-refractivity contribution in [3.05, 3.63) is 59.7 Å². The van der Waals surface area contributed by atoms with E-state index in [9.17, 15) is 4.79 Å². The lowest BCUT2D eigenvalue weighted by atomic mass is 10.1. The molecule has 0 aliphatic heterocycles. The van der Waals surface area contributed by atoms with Gasteiger partial charge in [0.05, 0.1) is 6.61 Å². The zero-order chi connectivity index (χ0) is 16.8. The number of benzene rings is 2. The van der Waals surface area contributed by atoms with E-state index in [-0.39, 0.29) is 18.3 Å². The Morgan fingerprint density at radius 2 is 1.84 bits per heavy atom. The molecule has 0 saturated heterocycles. The molecular weight excluding hydrogens is 336 g/mol. The molecule has 25 heavy (non-hydrogen) atoms. The van der Waals surface area contributed by atoms with Crippen molar-refractivity contribution in [1.29, 1.82) is 0 Å². The van der Waals surface area contributed by atoms with Crippen LogP contribution in [0.1, 0.15) is 35.7 Å². The van der Waals surface area contributed by atoms with E-state index in [1.165, 1.54) is 12.8 Å². The molecule has 1 fully saturated rings. The van der Waals surface area contributed by atoms with Gasteiger partial charge in [-0.15, -0.1) is 12.4 Å². The lowest BCUT2D eigenvalue weighted by Crippen LogP contribution is -2.17. The van der Waals surface area contributed by atoms with Crippen molar-refractivity contribution < 1.29 is 9.53 Å². The van der Waals surface area contributed by atoms with Crippen LogP contribution in [0, 0.1) is 5.92 Å². The number of rotatable bonds is 8. The van der Waals surface area contributed by atoms with Crippen LogP contribution in [0.5, 0.6) is 5.75 Å². The van der Waals surface area contributed by atoms with Gasteiger partial charge in [-0.25, -0.2) is 0 Å². The minimum Gasteiger partial charge on any atom is -0.493 e. The third-order valence-corrected chi connectivity index (χ3v) is 4.13. The average Bonchev–Trinajstić information content (AvgIpc) is 3.44. The maximum Gasteiger partial charge on any atom is 0.255 e. The first-order chi connectivity index (χ1) is 11.8. The van der Waals surface area contributed by atoms with Crippen molar-refractivity contribution in [3.63, 3.8) is 0 Å². The second kappa shape index (κ2) is 9.44. The average molecular weight is 361 g/mol. The van der Waals surface area contributed by atoms with Gasteiger partial charge in [-0.3, -0.25) is 4.79 Å². The molecule has 0 heterocycles. The van der Waals surface area contributed by atoms with E-state index in [2.05, 4.69) is 17.6 Å². The van der Waals surface area contributed by atoms with Crippen LogP contribution in [0.3, 0.4) is 0 Å². The summed E-state index contributed by atoms with van der Waals surface area (Å²) in [5.41, 5.74) is 2.56. The van der Waals surface area contributed by atoms with Gasteiger partial charge in [0.25, 0.3) is 5.91 Å². The summed E-state index contributed by atoms with van der Waals surface area (Å²) in [6.07, 6.45) is 2.54. The molecule has 2 aromatic carbocycles. The highest BCUT2D eigenvalue weighted by Gasteiger charge is 2.21. The van der Waals surface area contributed by atoms with Gasteiger partial charge < -0.3 is 15.4 Å². The summed E-state index contributed by atoms with van der Waals surface area (Å²) >= 11 is 0. The number of para-hydroxylation sites is 1. The van der Waals surface area contributed by atoms with E-state index in [1.807, 2.05) is 48.5 Å². The lowest BCUT2D eigenvalue weighted by molar-refractivity contribution is 0.102. The molecule has 2 aromatic rings. The van der Waals surface area contributed by atoms with E-state index in [1.54, 1.807) is 0 Å². The number of carbonyl (C=O) groups excluding carboxylic acids is 1. The van der Waals surface area contributed by atoms with E-state index in [0.29, 0.717) is 5.56 Å². The molecule has 3 rings (SSSR count). The summed E-state index contributed by atoms with van der Waals surface area (Å²) < 4.78 is 5.71. The minimum absolute atomic E-state index is 0. The predicted molar refractivity (Wildman–Crippen MR) is 104 cm³/mol. The molecule has 0 bridgehead atoms. The molecule has 0 aromatic heterocycles. The number of halogens is 1. The van der Waals surface area contributed by atoms with Gasteiger partial charge in [-0.2, -0.15) is 0 Å². The molecule has 1 aliphatic rings. The summed E-state index contributed by atoms with van der Waals surface area (Å²) in [5.74, 6) is 1.44. The highest BCUT2D eigenvalue weighted by molar-refractivity contribution is 6.04. The first kappa shape index (κ1) is 19.3. The van der Waals surface area contributed by atoms with Crippen molar-refractivity contribution in [3.8, 4) is 5.75 Å². The van der Waals surface area contributed by atoms with Gasteiger partial charge >= 0.3 is 0 Å². The minimum atomic E-state index is -0.104. The van der Waals surface area contributed by atoms with E-state index in [4.69, 9.17) is 4.74 Å². The summed E-state index contributed by atoms with van der Waals surface area (Å²) in [5, 5.41) is 6.28. The number of hydrogen-bond acceptors (Lipinski definition) is 3. The fourth-order valence-corrected chi connectivity index (χ4v) is 2.45. The van der Waals surface area contributed by atoms with Crippen molar-refractivity contribution in [2.24, 2.45) is 5.92 Å². The first-order valence-corrected chi connectivity index (χ1v) is 8.59. The van der Waals surface area contributed by atoms with Gasteiger partial charge in [0.1, 0.15) is 5.75 Å². The van der Waals surface area contributed by atoms with Crippen molar-refractivity contribution in [2.45, 2.75) is 26.3 Å². The predicted octanol–water partition coefficient (Wildman–Crippen LogP) is 4.26. The second-order valence-electron chi connectivity index (χ2n) is 6.17. The first-order valence-electron chi connectivity index (χ1n) is 8.59. The maximum atomic E-state index is 12.5. The van der Waals surface area contributed by atoms with Gasteiger partial charge in [-0.1, -0.05) is 25.1 Å². The topological polar surface area (TPSA) is 50.4 Å². The number of amides is 1. The number of nitrogens with one attached hydrogen (secondary N) is 2. The second-order valence-corrected chi connectivity index (χ2v) is 6.17. The molecule has 1 saturated carbocycles. The van der Waals surface area contributed by atoms with E-state index in [0.717, 1.165) is 42.6 Å². The van der Waals surface area contributed by atoms with Crippen LogP contribution in [0.25, 0.3) is 0 Å². The van der Waals surface area contributed by atoms with Crippen molar-refractivity contribution >= 4 is 24.0 Å². The molecule has 0 radical (unpaired) electrons. The largest absolute Gasteiger partial charge is 0.493 e. The molecule has 1 aliphatic carbocycles. The molecule has 134 valence electrons. The Bertz CT molecular complexity index is 684. The lowest BCUT2D eigenvalue weighted by Gasteiger charge is -2.12. The Hall–Kier alpha value is -2.04. The molecule has 0 spiro atoms. The van der Waals surface area contributed by atoms with Crippen LogP contribution in [0.2, 0.25) is 0 Å². The molecular formula is C20H25ClN2O2. The number of ether oxygens (including phenoxy) is 1. The Kier molecular flexibility index (Phi) is 7.29. The SMILES string of the molecule is CCNCc1ccccc1NC(=O)c1ccc(OCC2CC2)cc1.Cl. The highest BCUT2D eigenvalue weighted by Crippen LogP contribution is 2.29. The molecule has 4 nitrogen and oxygen atoms in total. The van der Waals surface area contributed by atoms with Crippen molar-refractivity contribution in [2.75, 3.05) is 18.5 Å². The summed E-state index contributed by atoms with van der Waals surface area (Å²) in [4.78, 5) is 12.5. The third kappa shape index (κ3) is 5.76. The zero-order valence-electron chi connectivity index (χ0n) is 14.5. The summed E-state index contributed by atoms with van der Waals surface area (Å²) in [6.45, 7) is 4.48. The van der Waals surface area contributed by atoms with Crippen LogP contribution < -0.4 is 15.4 Å². The molecule has 0 unspecified atom stereocenters. The van der Waals surface area contributed by atoms with Gasteiger partial charge in [0.2, 0.25) is 0 Å². The van der Waals surface area contributed by atoms with Crippen molar-refractivity contribution in [1.82, 2.24) is 5.32 Å². The van der Waals surface area contributed by atoms with Gasteiger partial charge in [-0.05, 0) is 61.2 Å². The highest BCUT2D eigenvalue weighted by atomic mass is 35.5. The smallest absolute Gasteiger partial charge is 0.255 e. The Balaban J connectivity index is 0.00000225. The van der Waals surface area contributed by atoms with E-state index < -0.39 is 0 Å². The van der Waals surface area contributed by atoms with Crippen LogP contribution in [0.15, 0.2) is 48.5 Å². The standard InChI is InChI=1S/C20H24N2O2.ClH/c1-2-21-13-17-5-3-4-6-19(17)22-20(23)16-9-11-18(12-10-16)24-14-15-7-8-15;/h3-6,9-12,15,21H,2,7-8,13-14H2,1H3,(H,22,23);1H. The number of hydrogen-bond donors (Lipinski definition) is 2. The van der Waals surface area contributed by atoms with Crippen LogP contribution in [-0.2, 0) is 6.54 Å². The third-order valence-electron chi connectivity index (χ3n) is 4.13. The van der Waals surface area contributed by atoms with Crippen LogP contribution >= 0.6 is 12.4 Å². The van der Waals surface area contributed by atoms with E-state index >= 15 is 0 Å². The van der Waals surface area contributed by atoms with Gasteiger partial charge in [0.15, 0.2) is 0 Å². The zero-order valence-corrected chi connectivity index (χ0v) is 15.3. The Morgan fingerprint density at radius 1 is 1.12 bits per heavy atom. The Morgan fingerprint density at radius 3 is 2.52 bits per heavy atom. The Labute approximate surface area is 155 Å². The van der Waals surface area contributed by atoms with Crippen LogP contribution in [-0.4, -0.2) is 19.1 Å². The summed E-state index contributed by atoms with van der Waals surface area (Å²) in [6, 6.07) is 15.2. The molecule has 0 atom stereocenters. The number of carbonyl (C=O) groups is 1. The summed E-state index contributed by atoms with van der Waals surface area (Å²) in [7, 11) is 0. The number of anilines is 1. The fraction of sp³-hybridized carbons (Fsp3) is 0.350. The van der Waals surface area contributed by atoms with Crippen LogP contribution in [0.4, 0.5) is 5.69 Å². The molecule has 2 N–H and O–H groups in total. The fourth-order valence-electron chi connectivity index (χ4n) is 2.45. The quantitative estimate of drug-likeness (QED) is 0.739.